The smallest absolute Gasteiger partial charge is 0.333 e. The van der Waals surface area contributed by atoms with E-state index >= 15 is 0 Å². The minimum atomic E-state index is -0.133. The van der Waals surface area contributed by atoms with Crippen LogP contribution >= 0.6 is 0 Å². The Balaban J connectivity index is 1.17. The van der Waals surface area contributed by atoms with Crippen molar-refractivity contribution >= 4 is 40.5 Å². The summed E-state index contributed by atoms with van der Waals surface area (Å²) in [5.41, 5.74) is 29.2. The van der Waals surface area contributed by atoms with Crippen LogP contribution in [-0.2, 0) is 22.7 Å². The Morgan fingerprint density at radius 3 is 1.94 bits per heavy atom. The van der Waals surface area contributed by atoms with E-state index in [0.29, 0.717) is 0 Å². The number of aryl methyl sites for hydroxylation is 2. The summed E-state index contributed by atoms with van der Waals surface area (Å²) in [6.45, 7) is 19.7. The predicted molar refractivity (Wildman–Crippen MR) is 272 cm³/mol. The quantitative estimate of drug-likeness (QED) is 0.159. The minimum Gasteiger partial charge on any atom is -0.376 e. The maximum Gasteiger partial charge on any atom is 0.333 e. The zero-order valence-electron chi connectivity index (χ0n) is 39.0. The number of hydrogen-bond acceptors (Lipinski definition) is 2. The van der Waals surface area contributed by atoms with Crippen LogP contribution in [0, 0.1) is 6.92 Å². The maximum absolute atomic E-state index is 2.93. The van der Waals surface area contributed by atoms with Gasteiger partial charge in [0.1, 0.15) is 0 Å². The number of benzene rings is 7. The molecule has 1 fully saturated rings. The summed E-state index contributed by atoms with van der Waals surface area (Å²) >= 11 is 0. The van der Waals surface area contributed by atoms with Crippen molar-refractivity contribution in [3.63, 3.8) is 0 Å². The average molecular weight is 831 g/mol. The highest BCUT2D eigenvalue weighted by molar-refractivity contribution is 6.93. The van der Waals surface area contributed by atoms with Crippen LogP contribution in [0.1, 0.15) is 126 Å². The van der Waals surface area contributed by atoms with Crippen LogP contribution < -0.4 is 20.6 Å². The molecule has 13 rings (SSSR count). The van der Waals surface area contributed by atoms with Crippen molar-refractivity contribution in [1.29, 1.82) is 0 Å². The molecule has 7 aromatic carbocycles. The van der Waals surface area contributed by atoms with Gasteiger partial charge in [-0.25, -0.2) is 0 Å². The zero-order valence-corrected chi connectivity index (χ0v) is 39.0. The van der Waals surface area contributed by atoms with E-state index in [1.807, 2.05) is 0 Å². The molecule has 2 atom stereocenters. The van der Waals surface area contributed by atoms with Gasteiger partial charge in [-0.15, -0.1) is 0 Å². The topological polar surface area (TPSA) is 6.48 Å². The molecule has 0 radical (unpaired) electrons. The summed E-state index contributed by atoms with van der Waals surface area (Å²) in [6, 6.07) is 50.7. The SMILES string of the molecule is CCCCc1cc2c3c(c1)C1(C)CCCCC1(C)N3c1cc(-c3ccccc3C)cc3c1B2N(c1ccc2c(c1)C(C)(C)c1ccccc1-2)c1cc2c(cc1-3)-c1ccccc1C2(C)C. The second-order valence-corrected chi connectivity index (χ2v) is 21.9. The van der Waals surface area contributed by atoms with Gasteiger partial charge in [-0.1, -0.05) is 152 Å². The van der Waals surface area contributed by atoms with Gasteiger partial charge in [0.15, 0.2) is 0 Å². The normalized spacial score (nSPS) is 21.7. The lowest BCUT2D eigenvalue weighted by atomic mass is 9.43. The standard InChI is InChI=1S/C61H59BN2/c1-9-10-20-38-30-52-57-53(31-38)62-56-47(32-39(41-21-12-11-19-37(41)2)33-55(56)63(57)61(8)29-18-17-28-60(52,61)7)46-35-45-43-23-14-16-25-49(43)59(5,6)51(45)36-54(46)64(62)40-26-27-44-42-22-13-15-24-48(42)58(3,4)50(44)34-40/h11-16,19,21-27,30-36H,9-10,17-18,20,28-29H2,1-8H3. The lowest BCUT2D eigenvalue weighted by Crippen LogP contribution is -2.64. The van der Waals surface area contributed by atoms with Gasteiger partial charge in [0, 0.05) is 44.6 Å². The fourth-order valence-corrected chi connectivity index (χ4v) is 14.3. The molecule has 2 unspecified atom stereocenters. The first-order valence-corrected chi connectivity index (χ1v) is 24.4. The number of hydrogen-bond donors (Lipinski definition) is 0. The summed E-state index contributed by atoms with van der Waals surface area (Å²) in [6.07, 6.45) is 8.48. The van der Waals surface area contributed by atoms with Gasteiger partial charge < -0.3 is 9.71 Å². The molecule has 64 heavy (non-hydrogen) atoms. The van der Waals surface area contributed by atoms with Crippen molar-refractivity contribution < 1.29 is 0 Å². The van der Waals surface area contributed by atoms with Crippen LogP contribution in [0.25, 0.3) is 44.5 Å². The van der Waals surface area contributed by atoms with Gasteiger partial charge in [0.2, 0.25) is 0 Å². The van der Waals surface area contributed by atoms with Crippen molar-refractivity contribution in [2.75, 3.05) is 9.71 Å². The van der Waals surface area contributed by atoms with E-state index in [2.05, 4.69) is 192 Å². The Kier molecular flexibility index (Phi) is 7.81. The van der Waals surface area contributed by atoms with Crippen molar-refractivity contribution in [3.05, 3.63) is 166 Å². The third kappa shape index (κ3) is 4.73. The van der Waals surface area contributed by atoms with Gasteiger partial charge in [0.05, 0.1) is 5.54 Å². The van der Waals surface area contributed by atoms with E-state index in [1.54, 1.807) is 5.56 Å². The van der Waals surface area contributed by atoms with Gasteiger partial charge in [-0.3, -0.25) is 0 Å². The number of fused-ring (bicyclic) bond motifs is 13. The van der Waals surface area contributed by atoms with Crippen LogP contribution in [0.5, 0.6) is 0 Å². The van der Waals surface area contributed by atoms with Crippen LogP contribution in [0.15, 0.2) is 127 Å². The van der Waals surface area contributed by atoms with Crippen LogP contribution in [0.3, 0.4) is 0 Å². The molecule has 2 nitrogen and oxygen atoms in total. The number of anilines is 4. The van der Waals surface area contributed by atoms with Crippen molar-refractivity contribution in [1.82, 2.24) is 0 Å². The molecule has 1 saturated carbocycles. The number of unbranched alkanes of at least 4 members (excludes halogenated alkanes) is 1. The van der Waals surface area contributed by atoms with Crippen molar-refractivity contribution in [2.24, 2.45) is 0 Å². The summed E-state index contributed by atoms with van der Waals surface area (Å²) in [5, 5.41) is 0. The van der Waals surface area contributed by atoms with Gasteiger partial charge >= 0.3 is 6.85 Å². The first-order valence-electron chi connectivity index (χ1n) is 24.4. The first kappa shape index (κ1) is 38.6. The van der Waals surface area contributed by atoms with E-state index in [4.69, 9.17) is 0 Å². The largest absolute Gasteiger partial charge is 0.376 e. The fourth-order valence-electron chi connectivity index (χ4n) is 14.3. The third-order valence-electron chi connectivity index (χ3n) is 17.9. The van der Waals surface area contributed by atoms with Crippen LogP contribution in [0.4, 0.5) is 22.7 Å². The van der Waals surface area contributed by atoms with E-state index in [-0.39, 0.29) is 28.6 Å². The van der Waals surface area contributed by atoms with Crippen molar-refractivity contribution in [2.45, 2.75) is 122 Å². The summed E-state index contributed by atoms with van der Waals surface area (Å²) in [5.74, 6) is 0. The van der Waals surface area contributed by atoms with E-state index in [1.165, 1.54) is 150 Å². The molecular weight excluding hydrogens is 771 g/mol. The molecule has 0 aromatic heterocycles. The van der Waals surface area contributed by atoms with Crippen LogP contribution in [-0.4, -0.2) is 12.4 Å². The Labute approximate surface area is 381 Å². The molecule has 316 valence electrons. The second kappa shape index (κ2) is 12.9. The molecule has 0 saturated heterocycles. The average Bonchev–Trinajstić information content (AvgIpc) is 3.77. The lowest BCUT2D eigenvalue weighted by Gasteiger charge is -2.53. The van der Waals surface area contributed by atoms with Crippen molar-refractivity contribution in [3.8, 4) is 44.5 Å². The Hall–Kier alpha value is -5.80. The van der Waals surface area contributed by atoms with Gasteiger partial charge in [-0.05, 0) is 165 Å². The monoisotopic (exact) mass is 830 g/mol. The number of rotatable bonds is 5. The highest BCUT2D eigenvalue weighted by Crippen LogP contribution is 2.63. The molecule has 3 aliphatic heterocycles. The molecule has 3 heterocycles. The Morgan fingerprint density at radius 1 is 0.547 bits per heavy atom. The molecule has 7 aromatic rings. The molecule has 3 aliphatic carbocycles. The summed E-state index contributed by atoms with van der Waals surface area (Å²) < 4.78 is 0. The molecule has 6 aliphatic rings. The second-order valence-electron chi connectivity index (χ2n) is 21.9. The molecule has 0 spiro atoms. The fraction of sp³-hybridized carbons (Fsp3) is 0.311. The molecule has 0 N–H and O–H groups in total. The van der Waals surface area contributed by atoms with E-state index in [0.717, 1.165) is 6.42 Å². The highest BCUT2D eigenvalue weighted by atomic mass is 15.3. The predicted octanol–water partition coefficient (Wildman–Crippen LogP) is 14.6. The number of nitrogens with zero attached hydrogens (tertiary/aromatic N) is 2. The molecule has 3 heteroatoms. The maximum atomic E-state index is 2.93. The van der Waals surface area contributed by atoms with Gasteiger partial charge in [0.25, 0.3) is 0 Å². The van der Waals surface area contributed by atoms with E-state index in [9.17, 15) is 0 Å². The Bertz CT molecular complexity index is 3190. The molecule has 0 bridgehead atoms. The van der Waals surface area contributed by atoms with Crippen LogP contribution in [0.2, 0.25) is 0 Å². The Morgan fingerprint density at radius 2 is 1.20 bits per heavy atom. The summed E-state index contributed by atoms with van der Waals surface area (Å²) in [7, 11) is 0. The lowest BCUT2D eigenvalue weighted by molar-refractivity contribution is 0.195. The summed E-state index contributed by atoms with van der Waals surface area (Å²) in [4.78, 5) is 5.76. The first-order chi connectivity index (χ1) is 30.9. The highest BCUT2D eigenvalue weighted by Gasteiger charge is 2.62. The van der Waals surface area contributed by atoms with E-state index < -0.39 is 0 Å². The third-order valence-corrected chi connectivity index (χ3v) is 17.9. The molecular formula is C61H59BN2. The molecule has 0 amide bonds. The minimum absolute atomic E-state index is 0.00256. The van der Waals surface area contributed by atoms with Gasteiger partial charge in [-0.2, -0.15) is 0 Å². The zero-order chi connectivity index (χ0) is 43.7.